The number of anilines is 1. The molecule has 114 valence electrons. The molecule has 7 heteroatoms. The molecule has 0 aliphatic rings. The van der Waals surface area contributed by atoms with Crippen LogP contribution in [-0.2, 0) is 4.79 Å². The van der Waals surface area contributed by atoms with Crippen LogP contribution in [0.5, 0.6) is 0 Å². The number of carbonyl (C=O) groups excluding carboxylic acids is 1. The van der Waals surface area contributed by atoms with E-state index in [1.165, 1.54) is 6.08 Å². The van der Waals surface area contributed by atoms with Crippen molar-refractivity contribution in [2.75, 3.05) is 5.32 Å². The van der Waals surface area contributed by atoms with E-state index < -0.39 is 0 Å². The van der Waals surface area contributed by atoms with Crippen molar-refractivity contribution in [1.82, 2.24) is 5.32 Å². The van der Waals surface area contributed by atoms with Gasteiger partial charge in [0, 0.05) is 21.8 Å². The summed E-state index contributed by atoms with van der Waals surface area (Å²) in [5.74, 6) is 0.989. The number of furan rings is 1. The molecule has 1 aromatic carbocycles. The van der Waals surface area contributed by atoms with Gasteiger partial charge in [-0.3, -0.25) is 10.1 Å². The number of rotatable bonds is 3. The van der Waals surface area contributed by atoms with Crippen LogP contribution >= 0.6 is 35.4 Å². The average Bonchev–Trinajstić information content (AvgIpc) is 2.80. The summed E-state index contributed by atoms with van der Waals surface area (Å²) in [6.07, 6.45) is 2.89. The van der Waals surface area contributed by atoms with Crippen LogP contribution in [0.1, 0.15) is 11.5 Å². The molecule has 2 N–H and O–H groups in total. The fourth-order valence-electron chi connectivity index (χ4n) is 1.64. The van der Waals surface area contributed by atoms with Gasteiger partial charge in [-0.1, -0.05) is 23.2 Å². The molecule has 0 bridgehead atoms. The Balaban J connectivity index is 1.91. The van der Waals surface area contributed by atoms with Gasteiger partial charge in [-0.15, -0.1) is 0 Å². The molecular weight excluding hydrogens is 343 g/mol. The molecule has 2 aromatic rings. The van der Waals surface area contributed by atoms with Crippen LogP contribution in [0, 0.1) is 6.92 Å². The van der Waals surface area contributed by atoms with Crippen LogP contribution in [0.25, 0.3) is 6.08 Å². The molecule has 0 atom stereocenters. The summed E-state index contributed by atoms with van der Waals surface area (Å²) in [5.41, 5.74) is 0.591. The Morgan fingerprint density at radius 3 is 2.50 bits per heavy atom. The largest absolute Gasteiger partial charge is 0.462 e. The topological polar surface area (TPSA) is 54.3 Å². The highest BCUT2D eigenvalue weighted by atomic mass is 35.5. The molecular formula is C15H12Cl2N2O2S. The lowest BCUT2D eigenvalue weighted by Gasteiger charge is -2.08. The highest BCUT2D eigenvalue weighted by Crippen LogP contribution is 2.22. The molecule has 0 aliphatic heterocycles. The number of hydrogen-bond donors (Lipinski definition) is 2. The maximum atomic E-state index is 11.7. The van der Waals surface area contributed by atoms with E-state index in [0.29, 0.717) is 21.5 Å². The highest BCUT2D eigenvalue weighted by molar-refractivity contribution is 7.80. The van der Waals surface area contributed by atoms with Gasteiger partial charge in [0.25, 0.3) is 0 Å². The van der Waals surface area contributed by atoms with Crippen LogP contribution in [0.4, 0.5) is 5.69 Å². The minimum absolute atomic E-state index is 0.142. The molecule has 0 aliphatic carbocycles. The lowest BCUT2D eigenvalue weighted by atomic mass is 10.3. The minimum Gasteiger partial charge on any atom is -0.462 e. The van der Waals surface area contributed by atoms with Crippen molar-refractivity contribution < 1.29 is 9.21 Å². The van der Waals surface area contributed by atoms with E-state index in [9.17, 15) is 4.79 Å². The van der Waals surface area contributed by atoms with E-state index in [1.54, 1.807) is 30.3 Å². The van der Waals surface area contributed by atoms with Crippen molar-refractivity contribution in [2.45, 2.75) is 6.92 Å². The molecule has 0 unspecified atom stereocenters. The first-order chi connectivity index (χ1) is 10.4. The van der Waals surface area contributed by atoms with Crippen LogP contribution in [0.2, 0.25) is 10.0 Å². The summed E-state index contributed by atoms with van der Waals surface area (Å²) in [5, 5.41) is 6.42. The number of aryl methyl sites for hydroxylation is 1. The summed E-state index contributed by atoms with van der Waals surface area (Å²) in [4.78, 5) is 11.7. The third kappa shape index (κ3) is 5.18. The van der Waals surface area contributed by atoms with Gasteiger partial charge in [-0.2, -0.15) is 0 Å². The molecule has 22 heavy (non-hydrogen) atoms. The lowest BCUT2D eigenvalue weighted by molar-refractivity contribution is -0.115. The second kappa shape index (κ2) is 7.45. The van der Waals surface area contributed by atoms with Crippen molar-refractivity contribution in [3.05, 3.63) is 58.0 Å². The lowest BCUT2D eigenvalue weighted by Crippen LogP contribution is -2.32. The van der Waals surface area contributed by atoms with Gasteiger partial charge in [-0.05, 0) is 55.5 Å². The predicted octanol–water partition coefficient (Wildman–Crippen LogP) is 4.42. The molecule has 2 rings (SSSR count). The SMILES string of the molecule is Cc1ccc(C=CC(=O)NC(=S)Nc2cc(Cl)cc(Cl)c2)o1. The molecule has 1 amide bonds. The second-order valence-electron chi connectivity index (χ2n) is 4.38. The van der Waals surface area contributed by atoms with Crippen LogP contribution in [0.3, 0.4) is 0 Å². The van der Waals surface area contributed by atoms with Gasteiger partial charge in [0.05, 0.1) is 0 Å². The summed E-state index contributed by atoms with van der Waals surface area (Å²) >= 11 is 16.8. The van der Waals surface area contributed by atoms with Crippen LogP contribution in [-0.4, -0.2) is 11.0 Å². The zero-order valence-corrected chi connectivity index (χ0v) is 13.9. The molecule has 1 heterocycles. The van der Waals surface area contributed by atoms with E-state index in [4.69, 9.17) is 39.8 Å². The first-order valence-electron chi connectivity index (χ1n) is 6.25. The van der Waals surface area contributed by atoms with Gasteiger partial charge >= 0.3 is 0 Å². The number of nitrogens with one attached hydrogen (secondary N) is 2. The summed E-state index contributed by atoms with van der Waals surface area (Å²) < 4.78 is 5.32. The maximum absolute atomic E-state index is 11.7. The normalized spacial score (nSPS) is 10.7. The fourth-order valence-corrected chi connectivity index (χ4v) is 2.39. The first kappa shape index (κ1) is 16.5. The molecule has 0 radical (unpaired) electrons. The number of hydrogen-bond acceptors (Lipinski definition) is 3. The highest BCUT2D eigenvalue weighted by Gasteiger charge is 2.04. The van der Waals surface area contributed by atoms with E-state index in [1.807, 2.05) is 13.0 Å². The number of benzene rings is 1. The molecule has 1 aromatic heterocycles. The van der Waals surface area contributed by atoms with E-state index >= 15 is 0 Å². The Morgan fingerprint density at radius 1 is 1.23 bits per heavy atom. The fraction of sp³-hybridized carbons (Fsp3) is 0.0667. The van der Waals surface area contributed by atoms with E-state index in [-0.39, 0.29) is 11.0 Å². The summed E-state index contributed by atoms with van der Waals surface area (Å²) in [6.45, 7) is 1.83. The van der Waals surface area contributed by atoms with Gasteiger partial charge < -0.3 is 9.73 Å². The number of amides is 1. The quantitative estimate of drug-likeness (QED) is 0.632. The van der Waals surface area contributed by atoms with Gasteiger partial charge in [-0.25, -0.2) is 0 Å². The Bertz CT molecular complexity index is 721. The standard InChI is InChI=1S/C15H12Cl2N2O2S/c1-9-2-3-13(21-9)4-5-14(20)19-15(22)18-12-7-10(16)6-11(17)8-12/h2-8H,1H3,(H2,18,19,20,22). The van der Waals surface area contributed by atoms with E-state index in [2.05, 4.69) is 10.6 Å². The first-order valence-corrected chi connectivity index (χ1v) is 7.41. The van der Waals surface area contributed by atoms with E-state index in [0.717, 1.165) is 5.76 Å². The molecule has 0 fully saturated rings. The molecule has 0 saturated heterocycles. The van der Waals surface area contributed by atoms with Crippen molar-refractivity contribution >= 4 is 58.2 Å². The van der Waals surface area contributed by atoms with Gasteiger partial charge in [0.1, 0.15) is 11.5 Å². The van der Waals surface area contributed by atoms with Crippen LogP contribution in [0.15, 0.2) is 40.8 Å². The summed E-state index contributed by atoms with van der Waals surface area (Å²) in [7, 11) is 0. The smallest absolute Gasteiger partial charge is 0.250 e. The Hall–Kier alpha value is -1.82. The number of thiocarbonyl (C=S) groups is 1. The predicted molar refractivity (Wildman–Crippen MR) is 93.3 cm³/mol. The second-order valence-corrected chi connectivity index (χ2v) is 5.66. The Labute approximate surface area is 143 Å². The average molecular weight is 355 g/mol. The van der Waals surface area contributed by atoms with Crippen LogP contribution < -0.4 is 10.6 Å². The monoisotopic (exact) mass is 354 g/mol. The number of carbonyl (C=O) groups is 1. The molecule has 0 spiro atoms. The minimum atomic E-state index is -0.375. The third-order valence-corrected chi connectivity index (χ3v) is 3.16. The maximum Gasteiger partial charge on any atom is 0.250 e. The van der Waals surface area contributed by atoms with Crippen molar-refractivity contribution in [1.29, 1.82) is 0 Å². The zero-order valence-electron chi connectivity index (χ0n) is 11.5. The molecule has 0 saturated carbocycles. The van der Waals surface area contributed by atoms with Crippen molar-refractivity contribution in [3.63, 3.8) is 0 Å². The molecule has 4 nitrogen and oxygen atoms in total. The van der Waals surface area contributed by atoms with Gasteiger partial charge in [0.2, 0.25) is 5.91 Å². The Morgan fingerprint density at radius 2 is 1.91 bits per heavy atom. The zero-order chi connectivity index (χ0) is 16.1. The third-order valence-electron chi connectivity index (χ3n) is 2.52. The van der Waals surface area contributed by atoms with Crippen molar-refractivity contribution in [3.8, 4) is 0 Å². The Kier molecular flexibility index (Phi) is 5.60. The number of halogens is 2. The summed E-state index contributed by atoms with van der Waals surface area (Å²) in [6, 6.07) is 8.47. The van der Waals surface area contributed by atoms with Gasteiger partial charge in [0.15, 0.2) is 5.11 Å². The van der Waals surface area contributed by atoms with Crippen molar-refractivity contribution in [2.24, 2.45) is 0 Å².